The maximum atomic E-state index is 12.5. The lowest BCUT2D eigenvalue weighted by Crippen LogP contribution is -2.32. The predicted molar refractivity (Wildman–Crippen MR) is 135 cm³/mol. The number of carbonyl (C=O) groups excluding carboxylic acids is 1. The van der Waals surface area contributed by atoms with Crippen molar-refractivity contribution in [2.75, 3.05) is 30.4 Å². The molecule has 174 valence electrons. The Bertz CT molecular complexity index is 1220. The van der Waals surface area contributed by atoms with Crippen molar-refractivity contribution in [3.63, 3.8) is 0 Å². The molecule has 1 fully saturated rings. The molecule has 7 nitrogen and oxygen atoms in total. The van der Waals surface area contributed by atoms with Gasteiger partial charge in [-0.3, -0.25) is 4.79 Å². The monoisotopic (exact) mass is 475 g/mol. The number of amides is 1. The van der Waals surface area contributed by atoms with Gasteiger partial charge in [0.15, 0.2) is 0 Å². The minimum absolute atomic E-state index is 0.0673. The normalized spacial score (nSPS) is 15.5. The van der Waals surface area contributed by atoms with Gasteiger partial charge in [0, 0.05) is 71.2 Å². The standard InChI is InChI=1S/C26H26ClN5O2/c1-16-12-19-15-29-26(32-24(19)22-7-4-20(27)13-23(22)30-16)31-21-5-2-18(3-6-21)25(33)28-14-17-8-10-34-11-9-17/h2-7,13,15,17,30H,1,8-12,14H2,(H,28,33)(H,29,31,32). The van der Waals surface area contributed by atoms with Crippen LogP contribution in [0.5, 0.6) is 0 Å². The first-order valence-electron chi connectivity index (χ1n) is 11.4. The van der Waals surface area contributed by atoms with Crippen LogP contribution in [0.15, 0.2) is 60.9 Å². The van der Waals surface area contributed by atoms with Crippen LogP contribution in [0.2, 0.25) is 5.02 Å². The number of ether oxygens (including phenoxy) is 1. The van der Waals surface area contributed by atoms with Crippen LogP contribution in [-0.4, -0.2) is 35.6 Å². The van der Waals surface area contributed by atoms with Gasteiger partial charge in [-0.05, 0) is 61.2 Å². The number of anilines is 3. The summed E-state index contributed by atoms with van der Waals surface area (Å²) in [7, 11) is 0. The van der Waals surface area contributed by atoms with Crippen LogP contribution in [-0.2, 0) is 11.2 Å². The van der Waals surface area contributed by atoms with Crippen molar-refractivity contribution in [3.8, 4) is 11.3 Å². The molecule has 8 heteroatoms. The number of fused-ring (bicyclic) bond motifs is 3. The zero-order valence-electron chi connectivity index (χ0n) is 18.7. The molecule has 3 aromatic rings. The zero-order valence-corrected chi connectivity index (χ0v) is 19.5. The van der Waals surface area contributed by atoms with Gasteiger partial charge in [-0.15, -0.1) is 0 Å². The molecule has 1 amide bonds. The number of rotatable bonds is 5. The molecule has 34 heavy (non-hydrogen) atoms. The highest BCUT2D eigenvalue weighted by Crippen LogP contribution is 2.36. The number of aromatic nitrogens is 2. The Hall–Kier alpha value is -3.42. The molecule has 0 saturated carbocycles. The second-order valence-electron chi connectivity index (χ2n) is 8.63. The third kappa shape index (κ3) is 5.05. The van der Waals surface area contributed by atoms with E-state index in [9.17, 15) is 4.79 Å². The molecule has 0 spiro atoms. The number of benzene rings is 2. The Balaban J connectivity index is 1.29. The minimum Gasteiger partial charge on any atom is -0.381 e. The Morgan fingerprint density at radius 3 is 2.76 bits per heavy atom. The summed E-state index contributed by atoms with van der Waals surface area (Å²) in [6, 6.07) is 13.0. The van der Waals surface area contributed by atoms with Gasteiger partial charge in [0.2, 0.25) is 5.95 Å². The fourth-order valence-electron chi connectivity index (χ4n) is 4.24. The van der Waals surface area contributed by atoms with E-state index in [1.54, 1.807) is 12.1 Å². The molecule has 2 aliphatic rings. The second-order valence-corrected chi connectivity index (χ2v) is 9.07. The lowest BCUT2D eigenvalue weighted by molar-refractivity contribution is 0.0642. The first-order chi connectivity index (χ1) is 16.5. The maximum Gasteiger partial charge on any atom is 0.251 e. The van der Waals surface area contributed by atoms with Crippen molar-refractivity contribution in [3.05, 3.63) is 77.1 Å². The van der Waals surface area contributed by atoms with Crippen LogP contribution in [0.3, 0.4) is 0 Å². The van der Waals surface area contributed by atoms with Crippen LogP contribution in [0.25, 0.3) is 11.3 Å². The Kier molecular flexibility index (Phi) is 6.47. The van der Waals surface area contributed by atoms with E-state index in [2.05, 4.69) is 27.5 Å². The van der Waals surface area contributed by atoms with Gasteiger partial charge >= 0.3 is 0 Å². The fourth-order valence-corrected chi connectivity index (χ4v) is 4.42. The van der Waals surface area contributed by atoms with Crippen molar-refractivity contribution >= 4 is 34.8 Å². The maximum absolute atomic E-state index is 12.5. The molecular formula is C26H26ClN5O2. The average molecular weight is 476 g/mol. The van der Waals surface area contributed by atoms with Crippen LogP contribution in [0, 0.1) is 5.92 Å². The molecule has 3 N–H and O–H groups in total. The lowest BCUT2D eigenvalue weighted by atomic mass is 10.0. The van der Waals surface area contributed by atoms with Gasteiger partial charge < -0.3 is 20.7 Å². The van der Waals surface area contributed by atoms with Crippen LogP contribution >= 0.6 is 11.6 Å². The molecule has 3 heterocycles. The van der Waals surface area contributed by atoms with E-state index in [1.165, 1.54) is 0 Å². The molecule has 2 aromatic carbocycles. The van der Waals surface area contributed by atoms with E-state index in [1.807, 2.05) is 36.5 Å². The third-order valence-electron chi connectivity index (χ3n) is 6.11. The molecule has 1 saturated heterocycles. The number of nitrogens with zero attached hydrogens (tertiary/aromatic N) is 2. The molecule has 5 rings (SSSR count). The van der Waals surface area contributed by atoms with Crippen molar-refractivity contribution in [2.45, 2.75) is 19.3 Å². The zero-order chi connectivity index (χ0) is 23.5. The molecule has 1 aromatic heterocycles. The Morgan fingerprint density at radius 1 is 1.18 bits per heavy atom. The first kappa shape index (κ1) is 22.4. The quantitative estimate of drug-likeness (QED) is 0.471. The summed E-state index contributed by atoms with van der Waals surface area (Å²) in [5.41, 5.74) is 5.92. The van der Waals surface area contributed by atoms with Crippen molar-refractivity contribution in [1.82, 2.24) is 15.3 Å². The molecule has 0 radical (unpaired) electrons. The summed E-state index contributed by atoms with van der Waals surface area (Å²) < 4.78 is 5.37. The molecule has 0 aliphatic carbocycles. The number of halogens is 1. The summed E-state index contributed by atoms with van der Waals surface area (Å²) >= 11 is 6.19. The van der Waals surface area contributed by atoms with Gasteiger partial charge in [0.1, 0.15) is 0 Å². The predicted octanol–water partition coefficient (Wildman–Crippen LogP) is 5.18. The van der Waals surface area contributed by atoms with E-state index < -0.39 is 0 Å². The molecule has 2 aliphatic heterocycles. The second kappa shape index (κ2) is 9.83. The summed E-state index contributed by atoms with van der Waals surface area (Å²) in [4.78, 5) is 21.8. The molecule has 0 unspecified atom stereocenters. The molecular weight excluding hydrogens is 450 g/mol. The van der Waals surface area contributed by atoms with Crippen LogP contribution in [0.1, 0.15) is 28.8 Å². The highest BCUT2D eigenvalue weighted by molar-refractivity contribution is 6.31. The Labute approximate surface area is 203 Å². The SMILES string of the molecule is C=C1Cc2cnc(Nc3ccc(C(=O)NCC4CCOCC4)cc3)nc2-c2ccc(Cl)cc2N1. The highest BCUT2D eigenvalue weighted by Gasteiger charge is 2.19. The summed E-state index contributed by atoms with van der Waals surface area (Å²) in [6.45, 7) is 6.32. The van der Waals surface area contributed by atoms with Crippen molar-refractivity contribution in [2.24, 2.45) is 5.92 Å². The Morgan fingerprint density at radius 2 is 1.97 bits per heavy atom. The topological polar surface area (TPSA) is 88.2 Å². The number of hydrogen-bond donors (Lipinski definition) is 3. The first-order valence-corrected chi connectivity index (χ1v) is 11.8. The fraction of sp³-hybridized carbons (Fsp3) is 0.269. The largest absolute Gasteiger partial charge is 0.381 e. The van der Waals surface area contributed by atoms with Gasteiger partial charge in [-0.25, -0.2) is 9.97 Å². The van der Waals surface area contributed by atoms with E-state index >= 15 is 0 Å². The highest BCUT2D eigenvalue weighted by atomic mass is 35.5. The minimum atomic E-state index is -0.0673. The van der Waals surface area contributed by atoms with E-state index in [4.69, 9.17) is 21.3 Å². The van der Waals surface area contributed by atoms with Gasteiger partial charge in [0.05, 0.1) is 5.69 Å². The molecule has 0 atom stereocenters. The molecule has 0 bridgehead atoms. The number of allylic oxidation sites excluding steroid dienone is 1. The van der Waals surface area contributed by atoms with Crippen molar-refractivity contribution < 1.29 is 9.53 Å². The van der Waals surface area contributed by atoms with E-state index in [-0.39, 0.29) is 5.91 Å². The number of hydrogen-bond acceptors (Lipinski definition) is 6. The number of carbonyl (C=O) groups is 1. The average Bonchev–Trinajstić information content (AvgIpc) is 2.98. The van der Waals surface area contributed by atoms with Crippen molar-refractivity contribution in [1.29, 1.82) is 0 Å². The van der Waals surface area contributed by atoms with Gasteiger partial charge in [-0.2, -0.15) is 0 Å². The lowest BCUT2D eigenvalue weighted by Gasteiger charge is -2.22. The van der Waals surface area contributed by atoms with Crippen LogP contribution in [0.4, 0.5) is 17.3 Å². The number of nitrogens with one attached hydrogen (secondary N) is 3. The third-order valence-corrected chi connectivity index (χ3v) is 6.35. The van der Waals surface area contributed by atoms with Gasteiger partial charge in [0.25, 0.3) is 5.91 Å². The summed E-state index contributed by atoms with van der Waals surface area (Å²) in [5, 5.41) is 10.2. The smallest absolute Gasteiger partial charge is 0.251 e. The van der Waals surface area contributed by atoms with Gasteiger partial charge in [-0.1, -0.05) is 18.2 Å². The van der Waals surface area contributed by atoms with E-state index in [0.717, 1.165) is 59.9 Å². The van der Waals surface area contributed by atoms with E-state index in [0.29, 0.717) is 35.4 Å². The summed E-state index contributed by atoms with van der Waals surface area (Å²) in [5.74, 6) is 0.892. The summed E-state index contributed by atoms with van der Waals surface area (Å²) in [6.07, 6.45) is 4.43. The van der Waals surface area contributed by atoms with Crippen LogP contribution < -0.4 is 16.0 Å².